The molecule has 0 amide bonds. The third-order valence-corrected chi connectivity index (χ3v) is 4.23. The summed E-state index contributed by atoms with van der Waals surface area (Å²) in [5, 5.41) is 0. The number of carbonyl (C=O) groups excluding carboxylic acids is 1. The van der Waals surface area contributed by atoms with Crippen molar-refractivity contribution in [2.75, 3.05) is 18.0 Å². The van der Waals surface area contributed by atoms with Crippen molar-refractivity contribution in [2.24, 2.45) is 0 Å². The molecule has 1 aromatic heterocycles. The third-order valence-electron chi connectivity index (χ3n) is 4.23. The molecule has 1 fully saturated rings. The van der Waals surface area contributed by atoms with E-state index in [0.717, 1.165) is 48.8 Å². The summed E-state index contributed by atoms with van der Waals surface area (Å²) in [6.07, 6.45) is 3.24. The first-order valence-electron chi connectivity index (χ1n) is 8.37. The number of aryl methyl sites for hydroxylation is 2. The van der Waals surface area contributed by atoms with Crippen LogP contribution in [0.25, 0.3) is 11.4 Å². The van der Waals surface area contributed by atoms with Gasteiger partial charge in [-0.05, 0) is 13.3 Å². The number of Topliss-reactive ketones (excluding diaryl/α,β-unsaturated/α-hetero) is 1. The highest BCUT2D eigenvalue weighted by atomic mass is 16.1. The molecule has 4 heteroatoms. The molecule has 0 radical (unpaired) electrons. The van der Waals surface area contributed by atoms with Crippen LogP contribution in [-0.2, 0) is 11.2 Å². The van der Waals surface area contributed by atoms with Gasteiger partial charge in [-0.1, -0.05) is 43.2 Å². The summed E-state index contributed by atoms with van der Waals surface area (Å²) in [6.45, 7) is 5.75. The van der Waals surface area contributed by atoms with Crippen LogP contribution >= 0.6 is 0 Å². The van der Waals surface area contributed by atoms with Crippen LogP contribution in [0, 0.1) is 6.92 Å². The maximum absolute atomic E-state index is 11.5. The highest BCUT2D eigenvalue weighted by Gasteiger charge is 2.19. The number of anilines is 1. The minimum atomic E-state index is 0.350. The predicted octanol–water partition coefficient (Wildman–Crippen LogP) is 3.57. The van der Waals surface area contributed by atoms with E-state index in [1.165, 1.54) is 5.56 Å². The topological polar surface area (TPSA) is 46.1 Å². The summed E-state index contributed by atoms with van der Waals surface area (Å²) in [7, 11) is 0. The highest BCUT2D eigenvalue weighted by Crippen LogP contribution is 2.23. The molecule has 0 bridgehead atoms. The Morgan fingerprint density at radius 3 is 2.43 bits per heavy atom. The van der Waals surface area contributed by atoms with Gasteiger partial charge in [0.1, 0.15) is 11.6 Å². The minimum absolute atomic E-state index is 0.350. The fourth-order valence-electron chi connectivity index (χ4n) is 2.85. The van der Waals surface area contributed by atoms with E-state index in [1.54, 1.807) is 0 Å². The van der Waals surface area contributed by atoms with Crippen LogP contribution in [-0.4, -0.2) is 28.8 Å². The van der Waals surface area contributed by atoms with Crippen LogP contribution in [0.3, 0.4) is 0 Å². The van der Waals surface area contributed by atoms with Gasteiger partial charge < -0.3 is 4.90 Å². The van der Waals surface area contributed by atoms with Crippen LogP contribution in [0.2, 0.25) is 0 Å². The Balaban J connectivity index is 1.95. The monoisotopic (exact) mass is 309 g/mol. The molecule has 3 rings (SSSR count). The standard InChI is InChI=1S/C19H23N3O/c1-3-4-16-13-18(22-11-9-17(23)10-12-22)21-19(20-16)15-7-5-14(2)6-8-15/h5-8,13H,3-4,9-12H2,1-2H3. The number of rotatable bonds is 4. The van der Waals surface area contributed by atoms with Gasteiger partial charge in [-0.3, -0.25) is 4.79 Å². The van der Waals surface area contributed by atoms with Crippen LogP contribution in [0.4, 0.5) is 5.82 Å². The molecular formula is C19H23N3O. The first-order chi connectivity index (χ1) is 11.2. The molecular weight excluding hydrogens is 286 g/mol. The van der Waals surface area contributed by atoms with E-state index in [1.807, 2.05) is 0 Å². The lowest BCUT2D eigenvalue weighted by Gasteiger charge is -2.27. The minimum Gasteiger partial charge on any atom is -0.356 e. The first kappa shape index (κ1) is 15.7. The first-order valence-corrected chi connectivity index (χ1v) is 8.37. The van der Waals surface area contributed by atoms with Crippen LogP contribution in [0.15, 0.2) is 30.3 Å². The largest absolute Gasteiger partial charge is 0.356 e. The normalized spacial score (nSPS) is 15.0. The van der Waals surface area contributed by atoms with Crippen molar-refractivity contribution >= 4 is 11.6 Å². The molecule has 1 aliphatic rings. The smallest absolute Gasteiger partial charge is 0.161 e. The van der Waals surface area contributed by atoms with E-state index in [4.69, 9.17) is 9.97 Å². The van der Waals surface area contributed by atoms with E-state index < -0.39 is 0 Å². The maximum Gasteiger partial charge on any atom is 0.161 e. The van der Waals surface area contributed by atoms with E-state index in [9.17, 15) is 4.79 Å². The van der Waals surface area contributed by atoms with Crippen molar-refractivity contribution in [1.29, 1.82) is 0 Å². The van der Waals surface area contributed by atoms with E-state index >= 15 is 0 Å². The number of carbonyl (C=O) groups is 1. The van der Waals surface area contributed by atoms with Gasteiger partial charge in [-0.2, -0.15) is 0 Å². The summed E-state index contributed by atoms with van der Waals surface area (Å²) in [5.74, 6) is 2.08. The van der Waals surface area contributed by atoms with Crippen LogP contribution in [0.5, 0.6) is 0 Å². The van der Waals surface area contributed by atoms with Gasteiger partial charge in [0, 0.05) is 43.3 Å². The van der Waals surface area contributed by atoms with Gasteiger partial charge in [-0.25, -0.2) is 9.97 Å². The second kappa shape index (κ2) is 6.90. The number of hydrogen-bond acceptors (Lipinski definition) is 4. The second-order valence-electron chi connectivity index (χ2n) is 6.18. The number of hydrogen-bond donors (Lipinski definition) is 0. The molecule has 1 aliphatic heterocycles. The molecule has 0 atom stereocenters. The molecule has 1 aromatic carbocycles. The molecule has 0 saturated carbocycles. The van der Waals surface area contributed by atoms with Crippen LogP contribution < -0.4 is 4.90 Å². The van der Waals surface area contributed by atoms with Gasteiger partial charge in [-0.15, -0.1) is 0 Å². The summed E-state index contributed by atoms with van der Waals surface area (Å²) in [4.78, 5) is 23.2. The summed E-state index contributed by atoms with van der Waals surface area (Å²) in [6, 6.07) is 10.4. The fraction of sp³-hybridized carbons (Fsp3) is 0.421. The quantitative estimate of drug-likeness (QED) is 0.866. The van der Waals surface area contributed by atoms with Crippen molar-refractivity contribution in [2.45, 2.75) is 39.5 Å². The SMILES string of the molecule is CCCc1cc(N2CCC(=O)CC2)nc(-c2ccc(C)cc2)n1. The van der Waals surface area contributed by atoms with Gasteiger partial charge in [0.05, 0.1) is 0 Å². The summed E-state index contributed by atoms with van der Waals surface area (Å²) < 4.78 is 0. The molecule has 1 saturated heterocycles. The maximum atomic E-state index is 11.5. The summed E-state index contributed by atoms with van der Waals surface area (Å²) >= 11 is 0. The zero-order chi connectivity index (χ0) is 16.2. The van der Waals surface area contributed by atoms with Gasteiger partial charge >= 0.3 is 0 Å². The zero-order valence-electron chi connectivity index (χ0n) is 13.9. The average molecular weight is 309 g/mol. The fourth-order valence-corrected chi connectivity index (χ4v) is 2.85. The van der Waals surface area contributed by atoms with E-state index in [2.05, 4.69) is 49.1 Å². The molecule has 0 unspecified atom stereocenters. The van der Waals surface area contributed by atoms with Crippen molar-refractivity contribution in [3.8, 4) is 11.4 Å². The third kappa shape index (κ3) is 3.76. The van der Waals surface area contributed by atoms with Crippen molar-refractivity contribution in [3.05, 3.63) is 41.6 Å². The Hall–Kier alpha value is -2.23. The zero-order valence-corrected chi connectivity index (χ0v) is 13.9. The predicted molar refractivity (Wildman–Crippen MR) is 92.7 cm³/mol. The average Bonchev–Trinajstić information content (AvgIpc) is 2.56. The lowest BCUT2D eigenvalue weighted by Crippen LogP contribution is -2.34. The Morgan fingerprint density at radius 2 is 1.78 bits per heavy atom. The second-order valence-corrected chi connectivity index (χ2v) is 6.18. The molecule has 23 heavy (non-hydrogen) atoms. The van der Waals surface area contributed by atoms with E-state index in [-0.39, 0.29) is 0 Å². The number of aromatic nitrogens is 2. The van der Waals surface area contributed by atoms with Crippen molar-refractivity contribution in [3.63, 3.8) is 0 Å². The molecule has 4 nitrogen and oxygen atoms in total. The van der Waals surface area contributed by atoms with Crippen molar-refractivity contribution in [1.82, 2.24) is 9.97 Å². The molecule has 0 aliphatic carbocycles. The number of nitrogens with zero attached hydrogens (tertiary/aromatic N) is 3. The Labute approximate surface area is 137 Å². The molecule has 0 N–H and O–H groups in total. The van der Waals surface area contributed by atoms with Crippen LogP contribution in [0.1, 0.15) is 37.4 Å². The summed E-state index contributed by atoms with van der Waals surface area (Å²) in [5.41, 5.74) is 3.35. The lowest BCUT2D eigenvalue weighted by molar-refractivity contribution is -0.119. The Bertz CT molecular complexity index is 684. The van der Waals surface area contributed by atoms with Gasteiger partial charge in [0.15, 0.2) is 5.82 Å². The lowest BCUT2D eigenvalue weighted by atomic mass is 10.1. The molecule has 2 aromatic rings. The molecule has 120 valence electrons. The highest BCUT2D eigenvalue weighted by molar-refractivity contribution is 5.80. The number of ketones is 1. The molecule has 2 heterocycles. The molecule has 0 spiro atoms. The van der Waals surface area contributed by atoms with Crippen molar-refractivity contribution < 1.29 is 4.79 Å². The Kier molecular flexibility index (Phi) is 4.70. The number of benzene rings is 1. The number of piperidine rings is 1. The Morgan fingerprint density at radius 1 is 1.09 bits per heavy atom. The van der Waals surface area contributed by atoms with Gasteiger partial charge in [0.25, 0.3) is 0 Å². The van der Waals surface area contributed by atoms with Gasteiger partial charge in [0.2, 0.25) is 0 Å². The van der Waals surface area contributed by atoms with E-state index in [0.29, 0.717) is 18.6 Å².